The Morgan fingerprint density at radius 3 is 2.63 bits per heavy atom. The number of hydrogen-bond acceptors (Lipinski definition) is 3. The molecule has 4 heteroatoms. The molecule has 1 saturated heterocycles. The number of rotatable bonds is 4. The van der Waals surface area contributed by atoms with Crippen molar-refractivity contribution in [2.24, 2.45) is 11.1 Å². The van der Waals surface area contributed by atoms with Gasteiger partial charge in [0.15, 0.2) is 0 Å². The van der Waals surface area contributed by atoms with E-state index in [0.717, 1.165) is 38.9 Å². The van der Waals surface area contributed by atoms with Gasteiger partial charge in [-0.3, -0.25) is 4.79 Å². The molecule has 1 unspecified atom stereocenters. The van der Waals surface area contributed by atoms with Crippen molar-refractivity contribution < 1.29 is 4.79 Å². The smallest absolute Gasteiger partial charge is 0.221 e. The molecule has 0 aromatic rings. The predicted octanol–water partition coefficient (Wildman–Crippen LogP) is 1.49. The molecule has 19 heavy (non-hydrogen) atoms. The SMILES string of the molecule is CC1(C)CN(CCC(=O)NC2CCCC2)CCC1N. The van der Waals surface area contributed by atoms with Gasteiger partial charge in [-0.15, -0.1) is 0 Å². The molecule has 1 amide bonds. The van der Waals surface area contributed by atoms with Crippen LogP contribution in [0, 0.1) is 5.41 Å². The van der Waals surface area contributed by atoms with Gasteiger partial charge in [-0.25, -0.2) is 0 Å². The first-order valence-electron chi connectivity index (χ1n) is 7.75. The van der Waals surface area contributed by atoms with E-state index in [1.54, 1.807) is 0 Å². The minimum absolute atomic E-state index is 0.167. The maximum Gasteiger partial charge on any atom is 0.221 e. The number of amides is 1. The van der Waals surface area contributed by atoms with E-state index in [-0.39, 0.29) is 17.4 Å². The Labute approximate surface area is 117 Å². The molecule has 2 fully saturated rings. The highest BCUT2D eigenvalue weighted by molar-refractivity contribution is 5.76. The number of carbonyl (C=O) groups excluding carboxylic acids is 1. The third-order valence-corrected chi connectivity index (χ3v) is 4.77. The zero-order valence-electron chi connectivity index (χ0n) is 12.5. The fourth-order valence-corrected chi connectivity index (χ4v) is 3.31. The minimum Gasteiger partial charge on any atom is -0.353 e. The molecule has 1 aliphatic carbocycles. The minimum atomic E-state index is 0.167. The van der Waals surface area contributed by atoms with Crippen molar-refractivity contribution in [1.29, 1.82) is 0 Å². The van der Waals surface area contributed by atoms with E-state index in [9.17, 15) is 4.79 Å². The van der Waals surface area contributed by atoms with Crippen LogP contribution in [0.3, 0.4) is 0 Å². The highest BCUT2D eigenvalue weighted by Crippen LogP contribution is 2.27. The summed E-state index contributed by atoms with van der Waals surface area (Å²) in [6.45, 7) is 7.35. The largest absolute Gasteiger partial charge is 0.353 e. The Balaban J connectivity index is 1.68. The molecule has 0 radical (unpaired) electrons. The monoisotopic (exact) mass is 267 g/mol. The molecule has 3 N–H and O–H groups in total. The van der Waals surface area contributed by atoms with Crippen molar-refractivity contribution in [3.05, 3.63) is 0 Å². The summed E-state index contributed by atoms with van der Waals surface area (Å²) in [4.78, 5) is 14.3. The fraction of sp³-hybridized carbons (Fsp3) is 0.933. The fourth-order valence-electron chi connectivity index (χ4n) is 3.31. The van der Waals surface area contributed by atoms with Gasteiger partial charge in [-0.05, 0) is 31.2 Å². The average Bonchev–Trinajstić information content (AvgIpc) is 2.83. The number of nitrogens with zero attached hydrogens (tertiary/aromatic N) is 1. The molecule has 2 aliphatic rings. The molecular weight excluding hydrogens is 238 g/mol. The first kappa shape index (κ1) is 14.8. The molecule has 1 atom stereocenters. The van der Waals surface area contributed by atoms with Crippen molar-refractivity contribution in [1.82, 2.24) is 10.2 Å². The third kappa shape index (κ3) is 4.18. The number of hydrogen-bond donors (Lipinski definition) is 2. The molecule has 0 bridgehead atoms. The van der Waals surface area contributed by atoms with Gasteiger partial charge in [0.2, 0.25) is 5.91 Å². The second-order valence-electron chi connectivity index (χ2n) is 6.96. The summed E-state index contributed by atoms with van der Waals surface area (Å²) in [6.07, 6.45) is 6.53. The van der Waals surface area contributed by atoms with Crippen LogP contribution in [-0.4, -0.2) is 42.5 Å². The van der Waals surface area contributed by atoms with Crippen LogP contribution >= 0.6 is 0 Å². The van der Waals surface area contributed by atoms with Gasteiger partial charge in [-0.2, -0.15) is 0 Å². The van der Waals surface area contributed by atoms with Gasteiger partial charge in [0, 0.05) is 31.6 Å². The standard InChI is InChI=1S/C15H29N3O/c1-15(2)11-18(9-7-13(15)16)10-8-14(19)17-12-5-3-4-6-12/h12-13H,3-11,16H2,1-2H3,(H,17,19). The van der Waals surface area contributed by atoms with Crippen LogP contribution in [0.4, 0.5) is 0 Å². The first-order chi connectivity index (χ1) is 8.97. The predicted molar refractivity (Wildman–Crippen MR) is 77.8 cm³/mol. The van der Waals surface area contributed by atoms with Gasteiger partial charge in [0.1, 0.15) is 0 Å². The molecular formula is C15H29N3O. The first-order valence-corrected chi connectivity index (χ1v) is 7.75. The lowest BCUT2D eigenvalue weighted by Crippen LogP contribution is -2.52. The van der Waals surface area contributed by atoms with Gasteiger partial charge < -0.3 is 16.0 Å². The van der Waals surface area contributed by atoms with E-state index < -0.39 is 0 Å². The zero-order valence-corrected chi connectivity index (χ0v) is 12.5. The van der Waals surface area contributed by atoms with Crippen LogP contribution in [0.25, 0.3) is 0 Å². The van der Waals surface area contributed by atoms with Crippen LogP contribution in [0.5, 0.6) is 0 Å². The van der Waals surface area contributed by atoms with Crippen LogP contribution < -0.4 is 11.1 Å². The molecule has 4 nitrogen and oxygen atoms in total. The Morgan fingerprint density at radius 1 is 1.32 bits per heavy atom. The summed E-state index contributed by atoms with van der Waals surface area (Å²) in [7, 11) is 0. The second kappa shape index (κ2) is 6.23. The maximum atomic E-state index is 11.9. The lowest BCUT2D eigenvalue weighted by atomic mass is 9.79. The normalized spacial score (nSPS) is 28.5. The molecule has 110 valence electrons. The quantitative estimate of drug-likeness (QED) is 0.811. The van der Waals surface area contributed by atoms with Gasteiger partial charge in [0.25, 0.3) is 0 Å². The molecule has 1 heterocycles. The van der Waals surface area contributed by atoms with Gasteiger partial charge in [-0.1, -0.05) is 26.7 Å². The number of nitrogens with one attached hydrogen (secondary N) is 1. The van der Waals surface area contributed by atoms with Gasteiger partial charge >= 0.3 is 0 Å². The van der Waals surface area contributed by atoms with E-state index in [0.29, 0.717) is 12.5 Å². The van der Waals surface area contributed by atoms with Crippen molar-refractivity contribution in [2.45, 2.75) is 64.5 Å². The number of piperidine rings is 1. The Bertz CT molecular complexity index is 311. The summed E-state index contributed by atoms with van der Waals surface area (Å²) in [5.74, 6) is 0.222. The van der Waals surface area contributed by atoms with E-state index in [1.807, 2.05) is 0 Å². The number of likely N-dealkylation sites (tertiary alicyclic amines) is 1. The Kier molecular flexibility index (Phi) is 4.85. The second-order valence-corrected chi connectivity index (χ2v) is 6.96. The van der Waals surface area contributed by atoms with Crippen molar-refractivity contribution in [3.63, 3.8) is 0 Å². The van der Waals surface area contributed by atoms with Crippen molar-refractivity contribution in [2.75, 3.05) is 19.6 Å². The Morgan fingerprint density at radius 2 is 2.00 bits per heavy atom. The molecule has 1 saturated carbocycles. The third-order valence-electron chi connectivity index (χ3n) is 4.77. The van der Waals surface area contributed by atoms with E-state index in [1.165, 1.54) is 12.8 Å². The van der Waals surface area contributed by atoms with Crippen LogP contribution in [0.2, 0.25) is 0 Å². The topological polar surface area (TPSA) is 58.4 Å². The molecule has 2 rings (SSSR count). The summed E-state index contributed by atoms with van der Waals surface area (Å²) in [5.41, 5.74) is 6.30. The highest BCUT2D eigenvalue weighted by atomic mass is 16.1. The van der Waals surface area contributed by atoms with E-state index >= 15 is 0 Å². The number of nitrogens with two attached hydrogens (primary N) is 1. The molecule has 1 aliphatic heterocycles. The lowest BCUT2D eigenvalue weighted by molar-refractivity contribution is -0.122. The van der Waals surface area contributed by atoms with Crippen molar-refractivity contribution in [3.8, 4) is 0 Å². The van der Waals surface area contributed by atoms with Crippen LogP contribution in [-0.2, 0) is 4.79 Å². The van der Waals surface area contributed by atoms with E-state index in [4.69, 9.17) is 5.73 Å². The number of carbonyl (C=O) groups is 1. The summed E-state index contributed by atoms with van der Waals surface area (Å²) in [6, 6.07) is 0.731. The zero-order chi connectivity index (χ0) is 13.9. The van der Waals surface area contributed by atoms with Crippen LogP contribution in [0.15, 0.2) is 0 Å². The molecule has 0 spiro atoms. The lowest BCUT2D eigenvalue weighted by Gasteiger charge is -2.42. The summed E-state index contributed by atoms with van der Waals surface area (Å²) >= 11 is 0. The maximum absolute atomic E-state index is 11.9. The summed E-state index contributed by atoms with van der Waals surface area (Å²) < 4.78 is 0. The van der Waals surface area contributed by atoms with Crippen molar-refractivity contribution >= 4 is 5.91 Å². The average molecular weight is 267 g/mol. The van der Waals surface area contributed by atoms with Crippen LogP contribution in [0.1, 0.15) is 52.4 Å². The molecule has 0 aromatic carbocycles. The van der Waals surface area contributed by atoms with E-state index in [2.05, 4.69) is 24.1 Å². The Hall–Kier alpha value is -0.610. The van der Waals surface area contributed by atoms with Gasteiger partial charge in [0.05, 0.1) is 0 Å². The highest BCUT2D eigenvalue weighted by Gasteiger charge is 2.33. The molecule has 0 aromatic heterocycles. The summed E-state index contributed by atoms with van der Waals surface area (Å²) in [5, 5.41) is 3.16.